The number of rotatable bonds is 12. The van der Waals surface area contributed by atoms with E-state index in [0.29, 0.717) is 0 Å². The van der Waals surface area contributed by atoms with Gasteiger partial charge in [-0.15, -0.1) is 0 Å². The first-order valence-electron chi connectivity index (χ1n) is 10.6. The lowest BCUT2D eigenvalue weighted by molar-refractivity contribution is -0.112. The Morgan fingerprint density at radius 3 is 1.92 bits per heavy atom. The van der Waals surface area contributed by atoms with Crippen molar-refractivity contribution in [2.45, 2.75) is 103 Å². The maximum atomic E-state index is 11.2. The van der Waals surface area contributed by atoms with E-state index >= 15 is 0 Å². The van der Waals surface area contributed by atoms with Crippen LogP contribution in [0, 0.1) is 0 Å². The Morgan fingerprint density at radius 2 is 1.40 bits per heavy atom. The topological polar surface area (TPSA) is 37.4 Å². The monoisotopic (exact) mass is 373 g/mol. The zero-order valence-corrected chi connectivity index (χ0v) is 18.0. The molecule has 0 aromatic heterocycles. The Labute approximate surface area is 159 Å². The van der Waals surface area contributed by atoms with E-state index in [-0.39, 0.29) is 6.04 Å². The van der Waals surface area contributed by atoms with Crippen LogP contribution in [0.3, 0.4) is 0 Å². The zero-order chi connectivity index (χ0) is 18.8. The molecule has 0 saturated carbocycles. The van der Waals surface area contributed by atoms with Crippen LogP contribution in [0.5, 0.6) is 0 Å². The van der Waals surface area contributed by atoms with Crippen LogP contribution in [0.25, 0.3) is 0 Å². The van der Waals surface area contributed by atoms with Crippen molar-refractivity contribution in [3.8, 4) is 0 Å². The first-order valence-corrected chi connectivity index (χ1v) is 12.5. The quantitative estimate of drug-likeness (QED) is 0.342. The minimum atomic E-state index is -0.611. The summed E-state index contributed by atoms with van der Waals surface area (Å²) >= 11 is 0. The summed E-state index contributed by atoms with van der Waals surface area (Å²) < 4.78 is 9.56. The molecular formula is C21H43NO2S. The number of carbonyl (C=O) groups is 1. The number of hydrogen-bond acceptors (Lipinski definition) is 3. The predicted molar refractivity (Wildman–Crippen MR) is 112 cm³/mol. The van der Waals surface area contributed by atoms with Crippen molar-refractivity contribution in [3.63, 3.8) is 0 Å². The lowest BCUT2D eigenvalue weighted by atomic mass is 10.1. The van der Waals surface area contributed by atoms with Crippen LogP contribution < -0.4 is 0 Å². The molecule has 0 radical (unpaired) electrons. The van der Waals surface area contributed by atoms with E-state index in [0.717, 1.165) is 19.5 Å². The van der Waals surface area contributed by atoms with E-state index in [1.807, 2.05) is 0 Å². The summed E-state index contributed by atoms with van der Waals surface area (Å²) in [7, 11) is -0.611. The molecule has 1 aliphatic rings. The molecule has 150 valence electrons. The van der Waals surface area contributed by atoms with Crippen LogP contribution in [0.1, 0.15) is 96.8 Å². The van der Waals surface area contributed by atoms with Crippen molar-refractivity contribution in [1.82, 2.24) is 4.90 Å². The second kappa shape index (κ2) is 18.6. The largest absolute Gasteiger partial charge is 0.302 e. The number of unbranched alkanes of at least 4 members (excludes halogenated alkanes) is 9. The molecule has 1 rings (SSSR count). The smallest absolute Gasteiger partial charge is 0.137 e. The molecule has 4 heteroatoms. The minimum absolute atomic E-state index is 0.214. The Kier molecular flexibility index (Phi) is 18.4. The summed E-state index contributed by atoms with van der Waals surface area (Å²) in [6.07, 6.45) is 23.2. The summed E-state index contributed by atoms with van der Waals surface area (Å²) in [6, 6.07) is 0.214. The second-order valence-corrected chi connectivity index (χ2v) is 9.00. The average Bonchev–Trinajstić information content (AvgIpc) is 2.81. The van der Waals surface area contributed by atoms with Gasteiger partial charge in [-0.05, 0) is 32.4 Å². The third-order valence-corrected chi connectivity index (χ3v) is 4.87. The molecule has 0 aliphatic carbocycles. The fourth-order valence-electron chi connectivity index (χ4n) is 3.43. The van der Waals surface area contributed by atoms with Gasteiger partial charge in [0.05, 0.1) is 6.04 Å². The highest BCUT2D eigenvalue weighted by atomic mass is 32.2. The van der Waals surface area contributed by atoms with Crippen molar-refractivity contribution < 1.29 is 9.00 Å². The predicted octanol–water partition coefficient (Wildman–Crippen LogP) is 5.35. The van der Waals surface area contributed by atoms with Gasteiger partial charge in [-0.3, -0.25) is 9.11 Å². The van der Waals surface area contributed by atoms with E-state index in [9.17, 15) is 9.00 Å². The van der Waals surface area contributed by atoms with Crippen molar-refractivity contribution in [2.24, 2.45) is 0 Å². The lowest BCUT2D eigenvalue weighted by Crippen LogP contribution is -2.36. The molecule has 0 aromatic carbocycles. The van der Waals surface area contributed by atoms with E-state index in [4.69, 9.17) is 0 Å². The summed E-state index contributed by atoms with van der Waals surface area (Å²) in [6.45, 7) is 4.56. The molecule has 0 bridgehead atoms. The van der Waals surface area contributed by atoms with Gasteiger partial charge in [0, 0.05) is 23.3 Å². The maximum absolute atomic E-state index is 11.2. The number of likely N-dealkylation sites (tertiary alicyclic amines) is 1. The van der Waals surface area contributed by atoms with E-state index in [1.54, 1.807) is 12.5 Å². The summed E-state index contributed by atoms with van der Waals surface area (Å²) in [5.41, 5.74) is 0. The minimum Gasteiger partial charge on any atom is -0.302 e. The first kappa shape index (κ1) is 24.8. The molecule has 25 heavy (non-hydrogen) atoms. The second-order valence-electron chi connectivity index (χ2n) is 7.51. The van der Waals surface area contributed by atoms with Gasteiger partial charge in [0.2, 0.25) is 0 Å². The van der Waals surface area contributed by atoms with Crippen molar-refractivity contribution in [3.05, 3.63) is 0 Å². The van der Waals surface area contributed by atoms with Gasteiger partial charge in [-0.25, -0.2) is 0 Å². The van der Waals surface area contributed by atoms with Gasteiger partial charge in [-0.2, -0.15) is 0 Å². The van der Waals surface area contributed by atoms with Crippen LogP contribution in [0.2, 0.25) is 0 Å². The number of hydrogen-bond donors (Lipinski definition) is 0. The van der Waals surface area contributed by atoms with Crippen LogP contribution in [0.4, 0.5) is 0 Å². The van der Waals surface area contributed by atoms with Crippen LogP contribution in [-0.4, -0.2) is 47.0 Å². The molecular weight excluding hydrogens is 330 g/mol. The number of aldehydes is 1. The SMILES string of the molecule is CCCCCCCCCCCCN1CCCCCC1C=O.CS(C)=O. The first-order chi connectivity index (χ1) is 12.1. The molecule has 1 atom stereocenters. The molecule has 1 fully saturated rings. The fourth-order valence-corrected chi connectivity index (χ4v) is 3.43. The van der Waals surface area contributed by atoms with Crippen LogP contribution in [-0.2, 0) is 15.6 Å². The molecule has 0 N–H and O–H groups in total. The summed E-state index contributed by atoms with van der Waals surface area (Å²) in [4.78, 5) is 13.6. The van der Waals surface area contributed by atoms with E-state index in [2.05, 4.69) is 11.8 Å². The maximum Gasteiger partial charge on any atom is 0.137 e. The third kappa shape index (κ3) is 17.0. The zero-order valence-electron chi connectivity index (χ0n) is 17.1. The van der Waals surface area contributed by atoms with E-state index in [1.165, 1.54) is 89.8 Å². The highest BCUT2D eigenvalue weighted by Gasteiger charge is 2.19. The molecule has 0 amide bonds. The Morgan fingerprint density at radius 1 is 0.880 bits per heavy atom. The highest BCUT2D eigenvalue weighted by Crippen LogP contribution is 2.17. The highest BCUT2D eigenvalue weighted by molar-refractivity contribution is 7.83. The molecule has 1 unspecified atom stereocenters. The van der Waals surface area contributed by atoms with Crippen LogP contribution >= 0.6 is 0 Å². The van der Waals surface area contributed by atoms with E-state index < -0.39 is 10.8 Å². The van der Waals surface area contributed by atoms with Gasteiger partial charge in [-0.1, -0.05) is 77.6 Å². The Balaban J connectivity index is 0.00000129. The normalized spacial score (nSPS) is 18.5. The summed E-state index contributed by atoms with van der Waals surface area (Å²) in [5.74, 6) is 0. The molecule has 0 aromatic rings. The number of nitrogens with zero attached hydrogens (tertiary/aromatic N) is 1. The van der Waals surface area contributed by atoms with Gasteiger partial charge >= 0.3 is 0 Å². The standard InChI is InChI=1S/C19H37NO.C2H6OS/c1-2-3-4-5-6-7-8-9-10-13-16-20-17-14-11-12-15-19(20)18-21;1-4(2)3/h18-19H,2-17H2,1H3;1-2H3. The fraction of sp³-hybridized carbons (Fsp3) is 0.952. The van der Waals surface area contributed by atoms with Gasteiger partial charge in [0.15, 0.2) is 0 Å². The Hall–Kier alpha value is -0.220. The lowest BCUT2D eigenvalue weighted by Gasteiger charge is -2.25. The molecule has 1 saturated heterocycles. The molecule has 3 nitrogen and oxygen atoms in total. The Bertz CT molecular complexity index is 319. The van der Waals surface area contributed by atoms with Gasteiger partial charge < -0.3 is 4.79 Å². The van der Waals surface area contributed by atoms with Crippen molar-refractivity contribution in [2.75, 3.05) is 25.6 Å². The molecule has 1 heterocycles. The summed E-state index contributed by atoms with van der Waals surface area (Å²) in [5, 5.41) is 0. The van der Waals surface area contributed by atoms with Crippen molar-refractivity contribution >= 4 is 17.1 Å². The van der Waals surface area contributed by atoms with Gasteiger partial charge in [0.1, 0.15) is 6.29 Å². The molecule has 1 aliphatic heterocycles. The molecule has 0 spiro atoms. The average molecular weight is 374 g/mol. The van der Waals surface area contributed by atoms with Gasteiger partial charge in [0.25, 0.3) is 0 Å². The third-order valence-electron chi connectivity index (χ3n) is 4.87. The number of carbonyl (C=O) groups excluding carboxylic acids is 1. The van der Waals surface area contributed by atoms with Crippen molar-refractivity contribution in [1.29, 1.82) is 0 Å². The van der Waals surface area contributed by atoms with Crippen LogP contribution in [0.15, 0.2) is 0 Å².